The number of hydrogen-bond acceptors (Lipinski definition) is 6. The molecule has 0 spiro atoms. The lowest BCUT2D eigenvalue weighted by Gasteiger charge is -2.35. The van der Waals surface area contributed by atoms with Gasteiger partial charge in [-0.15, -0.1) is 0 Å². The molecule has 1 N–H and O–H groups in total. The number of amides is 2. The fraction of sp³-hybridized carbons (Fsp3) is 0.600. The van der Waals surface area contributed by atoms with Gasteiger partial charge in [0.15, 0.2) is 0 Å². The number of aromatic nitrogens is 2. The summed E-state index contributed by atoms with van der Waals surface area (Å²) in [6.45, 7) is 6.99. The van der Waals surface area contributed by atoms with Crippen LogP contribution >= 0.6 is 0 Å². The molecule has 8 nitrogen and oxygen atoms in total. The van der Waals surface area contributed by atoms with Gasteiger partial charge in [-0.2, -0.15) is 0 Å². The number of rotatable bonds is 3. The summed E-state index contributed by atoms with van der Waals surface area (Å²) in [5.74, 6) is -0.543. The van der Waals surface area contributed by atoms with Crippen LogP contribution in [0.3, 0.4) is 0 Å². The highest BCUT2D eigenvalue weighted by molar-refractivity contribution is 5.91. The molecule has 2 heterocycles. The molecule has 1 saturated heterocycles. The number of hydrogen-bond donors (Lipinski definition) is 1. The van der Waals surface area contributed by atoms with Crippen molar-refractivity contribution < 1.29 is 23.1 Å². The predicted octanol–water partition coefficient (Wildman–Crippen LogP) is 1.61. The van der Waals surface area contributed by atoms with Crippen molar-refractivity contribution in [2.75, 3.05) is 26.2 Å². The van der Waals surface area contributed by atoms with E-state index in [1.807, 2.05) is 0 Å². The van der Waals surface area contributed by atoms with Gasteiger partial charge >= 0.3 is 6.09 Å². The van der Waals surface area contributed by atoms with Gasteiger partial charge in [-0.1, -0.05) is 0 Å². The molecule has 1 fully saturated rings. The van der Waals surface area contributed by atoms with Crippen molar-refractivity contribution in [3.8, 4) is 0 Å². The molecule has 138 valence electrons. The summed E-state index contributed by atoms with van der Waals surface area (Å²) in [5, 5.41) is 1.63. The van der Waals surface area contributed by atoms with Gasteiger partial charge in [-0.25, -0.2) is 23.6 Å². The monoisotopic (exact) mass is 357 g/mol. The number of carbonyl (C=O) groups is 2. The average molecular weight is 357 g/mol. The van der Waals surface area contributed by atoms with E-state index in [0.29, 0.717) is 26.2 Å². The third-order valence-electron chi connectivity index (χ3n) is 3.32. The molecule has 0 radical (unpaired) electrons. The van der Waals surface area contributed by atoms with Crippen LogP contribution in [-0.2, 0) is 4.74 Å². The fourth-order valence-electron chi connectivity index (χ4n) is 2.10. The number of halogens is 2. The Labute approximate surface area is 144 Å². The summed E-state index contributed by atoms with van der Waals surface area (Å²) in [7, 11) is 0. The molecule has 2 amide bonds. The molecule has 0 atom stereocenters. The van der Waals surface area contributed by atoms with Crippen LogP contribution in [0.25, 0.3) is 0 Å². The van der Waals surface area contributed by atoms with Crippen molar-refractivity contribution in [3.63, 3.8) is 0 Å². The van der Waals surface area contributed by atoms with E-state index in [1.54, 1.807) is 30.7 Å². The second-order valence-electron chi connectivity index (χ2n) is 6.52. The first kappa shape index (κ1) is 19.0. The third-order valence-corrected chi connectivity index (χ3v) is 3.32. The molecule has 0 bridgehead atoms. The van der Waals surface area contributed by atoms with Crippen LogP contribution in [0.1, 0.15) is 43.4 Å². The van der Waals surface area contributed by atoms with Crippen molar-refractivity contribution in [3.05, 3.63) is 23.8 Å². The SMILES string of the molecule is CC(C)(C)OC(=O)N1CCN(NC(=O)c2cnc(C(F)F)cn2)CC1. The first-order chi connectivity index (χ1) is 11.7. The highest BCUT2D eigenvalue weighted by atomic mass is 19.3. The summed E-state index contributed by atoms with van der Waals surface area (Å²) >= 11 is 0. The highest BCUT2D eigenvalue weighted by Gasteiger charge is 2.26. The number of hydrazine groups is 1. The van der Waals surface area contributed by atoms with Crippen LogP contribution in [0.15, 0.2) is 12.4 Å². The zero-order valence-electron chi connectivity index (χ0n) is 14.3. The maximum Gasteiger partial charge on any atom is 0.410 e. The second kappa shape index (κ2) is 7.68. The molecule has 0 aromatic carbocycles. The third kappa shape index (κ3) is 5.59. The highest BCUT2D eigenvalue weighted by Crippen LogP contribution is 2.14. The minimum atomic E-state index is -2.73. The smallest absolute Gasteiger partial charge is 0.410 e. The average Bonchev–Trinajstić information content (AvgIpc) is 2.54. The Bertz CT molecular complexity index is 611. The van der Waals surface area contributed by atoms with E-state index in [2.05, 4.69) is 15.4 Å². The van der Waals surface area contributed by atoms with Crippen molar-refractivity contribution in [2.45, 2.75) is 32.8 Å². The lowest BCUT2D eigenvalue weighted by atomic mass is 10.2. The van der Waals surface area contributed by atoms with Crippen LogP contribution < -0.4 is 5.43 Å². The molecule has 1 aliphatic rings. The molecule has 1 aliphatic heterocycles. The fourth-order valence-corrected chi connectivity index (χ4v) is 2.10. The normalized spacial score (nSPS) is 16.0. The molecule has 1 aromatic rings. The van der Waals surface area contributed by atoms with Crippen LogP contribution in [0.4, 0.5) is 13.6 Å². The number of nitrogens with zero attached hydrogens (tertiary/aromatic N) is 4. The van der Waals surface area contributed by atoms with Gasteiger partial charge in [-0.3, -0.25) is 15.2 Å². The quantitative estimate of drug-likeness (QED) is 0.884. The van der Waals surface area contributed by atoms with Gasteiger partial charge in [0, 0.05) is 26.2 Å². The minimum Gasteiger partial charge on any atom is -0.444 e. The van der Waals surface area contributed by atoms with E-state index in [4.69, 9.17) is 4.74 Å². The zero-order valence-corrected chi connectivity index (χ0v) is 14.3. The molecular weight excluding hydrogens is 336 g/mol. The van der Waals surface area contributed by atoms with E-state index in [1.165, 1.54) is 0 Å². The van der Waals surface area contributed by atoms with E-state index in [9.17, 15) is 18.4 Å². The molecule has 2 rings (SSSR count). The summed E-state index contributed by atoms with van der Waals surface area (Å²) in [4.78, 5) is 32.8. The molecule has 0 aliphatic carbocycles. The number of carbonyl (C=O) groups excluding carboxylic acids is 2. The Balaban J connectivity index is 1.83. The number of piperazine rings is 1. The lowest BCUT2D eigenvalue weighted by molar-refractivity contribution is 0.00970. The summed E-state index contributed by atoms with van der Waals surface area (Å²) in [6.07, 6.45) is -1.24. The Hall–Kier alpha value is -2.36. The molecule has 10 heteroatoms. The standard InChI is InChI=1S/C15H21F2N5O3/c1-15(2,3)25-14(24)21-4-6-22(7-5-21)20-13(23)11-9-18-10(8-19-11)12(16)17/h8-9,12H,4-7H2,1-3H3,(H,20,23). The van der Waals surface area contributed by atoms with E-state index >= 15 is 0 Å². The maximum atomic E-state index is 12.4. The van der Waals surface area contributed by atoms with Gasteiger partial charge in [-0.05, 0) is 20.8 Å². The first-order valence-corrected chi connectivity index (χ1v) is 7.79. The Morgan fingerprint density at radius 2 is 1.80 bits per heavy atom. The molecule has 1 aromatic heterocycles. The lowest BCUT2D eigenvalue weighted by Crippen LogP contribution is -2.55. The van der Waals surface area contributed by atoms with Crippen molar-refractivity contribution in [1.82, 2.24) is 25.3 Å². The van der Waals surface area contributed by atoms with E-state index in [0.717, 1.165) is 12.4 Å². The van der Waals surface area contributed by atoms with Crippen LogP contribution in [0.2, 0.25) is 0 Å². The first-order valence-electron chi connectivity index (χ1n) is 7.79. The van der Waals surface area contributed by atoms with Crippen LogP contribution in [0, 0.1) is 0 Å². The Morgan fingerprint density at radius 1 is 1.16 bits per heavy atom. The number of nitrogens with one attached hydrogen (secondary N) is 1. The number of alkyl halides is 2. The summed E-state index contributed by atoms with van der Waals surface area (Å²) < 4.78 is 30.1. The largest absolute Gasteiger partial charge is 0.444 e. The maximum absolute atomic E-state index is 12.4. The van der Waals surface area contributed by atoms with Gasteiger partial charge in [0.1, 0.15) is 17.0 Å². The van der Waals surface area contributed by atoms with Crippen LogP contribution in [-0.4, -0.2) is 63.7 Å². The molecule has 0 saturated carbocycles. The zero-order chi connectivity index (χ0) is 18.6. The van der Waals surface area contributed by atoms with Gasteiger partial charge in [0.2, 0.25) is 0 Å². The van der Waals surface area contributed by atoms with E-state index < -0.39 is 29.7 Å². The van der Waals surface area contributed by atoms with Gasteiger partial charge in [0.25, 0.3) is 12.3 Å². The van der Waals surface area contributed by atoms with Crippen molar-refractivity contribution >= 4 is 12.0 Å². The van der Waals surface area contributed by atoms with Gasteiger partial charge in [0.05, 0.1) is 12.4 Å². The van der Waals surface area contributed by atoms with E-state index in [-0.39, 0.29) is 5.69 Å². The Kier molecular flexibility index (Phi) is 5.83. The summed E-state index contributed by atoms with van der Waals surface area (Å²) in [6, 6.07) is 0. The molecule has 0 unspecified atom stereocenters. The van der Waals surface area contributed by atoms with Crippen LogP contribution in [0.5, 0.6) is 0 Å². The van der Waals surface area contributed by atoms with Gasteiger partial charge < -0.3 is 9.64 Å². The summed E-state index contributed by atoms with van der Waals surface area (Å²) in [5.41, 5.74) is 1.51. The molecular formula is C15H21F2N5O3. The molecule has 25 heavy (non-hydrogen) atoms. The Morgan fingerprint density at radius 3 is 2.28 bits per heavy atom. The topological polar surface area (TPSA) is 87.7 Å². The minimum absolute atomic E-state index is 0.0565. The second-order valence-corrected chi connectivity index (χ2v) is 6.52. The van der Waals surface area contributed by atoms with Crippen molar-refractivity contribution in [2.24, 2.45) is 0 Å². The number of ether oxygens (including phenoxy) is 1. The van der Waals surface area contributed by atoms with Crippen molar-refractivity contribution in [1.29, 1.82) is 0 Å². The predicted molar refractivity (Wildman–Crippen MR) is 83.8 cm³/mol.